The molecule has 11 nitrogen and oxygen atoms in total. The van der Waals surface area contributed by atoms with E-state index in [1.165, 1.54) is 67.8 Å². The van der Waals surface area contributed by atoms with E-state index >= 15 is 0 Å². The predicted molar refractivity (Wildman–Crippen MR) is 373 cm³/mol. The molecule has 483 valence electrons. The van der Waals surface area contributed by atoms with E-state index in [-0.39, 0.29) is 66.0 Å². The third-order valence-corrected chi connectivity index (χ3v) is 16.5. The van der Waals surface area contributed by atoms with Gasteiger partial charge in [-0.1, -0.05) is 195 Å². The van der Waals surface area contributed by atoms with Crippen molar-refractivity contribution in [3.05, 3.63) is 293 Å². The first-order valence-electron chi connectivity index (χ1n) is 31.2. The van der Waals surface area contributed by atoms with Crippen molar-refractivity contribution in [2.75, 3.05) is 0 Å². The molecule has 0 atom stereocenters. The number of hydrogen-bond donors (Lipinski definition) is 0. The van der Waals surface area contributed by atoms with Gasteiger partial charge in [-0.05, 0) is 121 Å². The standard InChI is InChI=1S/C31H22N3.C25H22FN4.C25H23N4.3Ir/c1-22-18-19-27(31-32-29-17-8-9-20-34(29)33-31)28(21-22)30-25(23-11-4-2-5-12-23)15-10-16-26(30)24-13-6-3-7-14-24;1-15(2)18-8-6-9-19(16(3)4)23(18)20-10-7-13-30-25(20)28-24(29-30)17-11-12-21(26)22(14-17)27-5;1-16(2)20-11-7-12-21(17(3)4)23(20)22-13-8-14-29-25(22)27-24(28-29)18-9-6-10-19(15-18)26-5;;;/h2-18,20-21H,1H3;6-10,12-16H,1-4H3;6-8,10-17H,1-4H3;;;/q3*-1;;;. The first-order chi connectivity index (χ1) is 45.2. The molecule has 0 bridgehead atoms. The molecule has 8 aromatic carbocycles. The monoisotopic (exact) mass is 1790 g/mol. The smallest absolute Gasteiger partial charge is 0.153 e. The maximum Gasteiger partial charge on any atom is 0.153 e. The number of hydrogen-bond acceptors (Lipinski definition) is 6. The van der Waals surface area contributed by atoms with Gasteiger partial charge in [0.15, 0.2) is 11.3 Å². The molecule has 0 N–H and O–H groups in total. The van der Waals surface area contributed by atoms with Crippen LogP contribution in [0.3, 0.4) is 0 Å². The molecular weight excluding hydrogens is 1720 g/mol. The second-order valence-corrected chi connectivity index (χ2v) is 24.1. The van der Waals surface area contributed by atoms with Crippen molar-refractivity contribution >= 4 is 28.3 Å². The Bertz CT molecular complexity index is 4990. The van der Waals surface area contributed by atoms with Crippen LogP contribution in [0, 0.1) is 44.1 Å². The summed E-state index contributed by atoms with van der Waals surface area (Å²) >= 11 is 0. The number of rotatable bonds is 12. The summed E-state index contributed by atoms with van der Waals surface area (Å²) < 4.78 is 19.1. The Hall–Kier alpha value is -9.52. The van der Waals surface area contributed by atoms with Crippen molar-refractivity contribution < 1.29 is 64.7 Å². The summed E-state index contributed by atoms with van der Waals surface area (Å²) in [7, 11) is 0. The minimum Gasteiger partial charge on any atom is -0.278 e. The third kappa shape index (κ3) is 14.8. The molecule has 0 spiro atoms. The molecule has 0 amide bonds. The van der Waals surface area contributed by atoms with E-state index in [0.717, 1.165) is 55.9 Å². The number of nitrogens with zero attached hydrogens (tertiary/aromatic N) is 11. The van der Waals surface area contributed by atoms with Crippen molar-refractivity contribution in [3.63, 3.8) is 0 Å². The van der Waals surface area contributed by atoms with Crippen LogP contribution in [0.2, 0.25) is 0 Å². The summed E-state index contributed by atoms with van der Waals surface area (Å²) in [4.78, 5) is 21.2. The number of halogens is 1. The second-order valence-electron chi connectivity index (χ2n) is 24.1. The number of aryl methyl sites for hydroxylation is 1. The van der Waals surface area contributed by atoms with Gasteiger partial charge in [-0.3, -0.25) is 29.0 Å². The van der Waals surface area contributed by atoms with Gasteiger partial charge < -0.3 is 0 Å². The molecule has 96 heavy (non-hydrogen) atoms. The Labute approximate surface area is 601 Å². The van der Waals surface area contributed by atoms with Crippen molar-refractivity contribution in [1.29, 1.82) is 0 Å². The largest absolute Gasteiger partial charge is 0.278 e. The summed E-state index contributed by atoms with van der Waals surface area (Å²) in [5.41, 5.74) is 22.8. The predicted octanol–water partition coefficient (Wildman–Crippen LogP) is 21.0. The molecule has 6 aromatic heterocycles. The van der Waals surface area contributed by atoms with Gasteiger partial charge in [-0.25, -0.2) is 13.5 Å². The zero-order valence-electron chi connectivity index (χ0n) is 54.4. The first-order valence-corrected chi connectivity index (χ1v) is 31.2. The molecular formula is C81H67FIr3N11-3. The minimum atomic E-state index is -0.592. The summed E-state index contributed by atoms with van der Waals surface area (Å²) in [5.74, 6) is 2.58. The molecule has 0 fully saturated rings. The third-order valence-electron chi connectivity index (χ3n) is 16.5. The molecule has 0 saturated carbocycles. The van der Waals surface area contributed by atoms with Gasteiger partial charge in [0.1, 0.15) is 17.0 Å². The van der Waals surface area contributed by atoms with E-state index in [0.29, 0.717) is 52.4 Å². The number of aromatic nitrogens is 9. The number of pyridine rings is 3. The molecule has 15 heteroatoms. The Morgan fingerprint density at radius 1 is 0.417 bits per heavy atom. The van der Waals surface area contributed by atoms with Crippen LogP contribution < -0.4 is 0 Å². The maximum atomic E-state index is 13.7. The number of benzene rings is 8. The Balaban J connectivity index is 0.000000167. The van der Waals surface area contributed by atoms with Crippen molar-refractivity contribution in [2.24, 2.45) is 0 Å². The summed E-state index contributed by atoms with van der Waals surface area (Å²) in [5, 5.41) is 14.0. The fraction of sp³-hybridized carbons (Fsp3) is 0.160. The summed E-state index contributed by atoms with van der Waals surface area (Å²) in [6, 6.07) is 76.3. The average molecular weight is 1790 g/mol. The molecule has 0 aliphatic rings. The summed E-state index contributed by atoms with van der Waals surface area (Å²) in [6.07, 6.45) is 5.69. The summed E-state index contributed by atoms with van der Waals surface area (Å²) in [6.45, 7) is 34.2. The molecule has 0 saturated heterocycles. The van der Waals surface area contributed by atoms with Crippen LogP contribution in [0.5, 0.6) is 0 Å². The average Bonchev–Trinajstić information content (AvgIpc) is 1.37. The van der Waals surface area contributed by atoms with E-state index in [1.54, 1.807) is 22.7 Å². The van der Waals surface area contributed by atoms with Crippen molar-refractivity contribution in [1.82, 2.24) is 43.8 Å². The molecule has 0 aliphatic carbocycles. The van der Waals surface area contributed by atoms with Crippen LogP contribution >= 0.6 is 0 Å². The van der Waals surface area contributed by atoms with Crippen LogP contribution in [0.1, 0.15) is 107 Å². The fourth-order valence-electron chi connectivity index (χ4n) is 12.0. The van der Waals surface area contributed by atoms with Crippen molar-refractivity contribution in [2.45, 2.75) is 86.0 Å². The zero-order chi connectivity index (χ0) is 64.9. The van der Waals surface area contributed by atoms with Crippen LogP contribution in [0.25, 0.3) is 116 Å². The van der Waals surface area contributed by atoms with E-state index in [4.69, 9.17) is 33.2 Å². The van der Waals surface area contributed by atoms with Gasteiger partial charge in [0, 0.05) is 95.9 Å². The maximum absolute atomic E-state index is 13.7. The molecule has 14 rings (SSSR count). The van der Waals surface area contributed by atoms with Gasteiger partial charge >= 0.3 is 0 Å². The Kier molecular flexibility index (Phi) is 23.1. The van der Waals surface area contributed by atoms with Gasteiger partial charge in [0.05, 0.1) is 30.6 Å². The van der Waals surface area contributed by atoms with Crippen LogP contribution in [-0.2, 0) is 60.3 Å². The molecule has 6 heterocycles. The first kappa shape index (κ1) is 70.8. The van der Waals surface area contributed by atoms with Crippen molar-refractivity contribution in [3.8, 4) is 89.8 Å². The fourth-order valence-corrected chi connectivity index (χ4v) is 12.0. The van der Waals surface area contributed by atoms with E-state index < -0.39 is 5.82 Å². The number of fused-ring (bicyclic) bond motifs is 3. The minimum absolute atomic E-state index is 0. The van der Waals surface area contributed by atoms with Gasteiger partial charge in [0.25, 0.3) is 0 Å². The SMILES string of the molecule is Cc1c[c-]c(-c2nc3ccccn3n2)c(-c2c(-c3ccccc3)cccc2-c2ccccc2)c1.[C-]#[N+]c1cc(-c2nc3c(-c4c(C(C)C)cccc4C(C)C)cccn3n2)[c-]cc1F.[C-]#[N+]c1cc[c-]c(-c2nc3c(-c4c(C(C)C)cccc4C(C)C)cccn3n2)c1.[Ir].[Ir].[Ir]. The van der Waals surface area contributed by atoms with Gasteiger partial charge in [0.2, 0.25) is 0 Å². The van der Waals surface area contributed by atoms with Crippen LogP contribution in [0.15, 0.2) is 219 Å². The van der Waals surface area contributed by atoms with E-state index in [2.05, 4.69) is 234 Å². The molecule has 14 aromatic rings. The zero-order valence-corrected chi connectivity index (χ0v) is 61.6. The van der Waals surface area contributed by atoms with E-state index in [9.17, 15) is 4.39 Å². The van der Waals surface area contributed by atoms with Gasteiger partial charge in [-0.15, -0.1) is 71.3 Å². The molecule has 3 radical (unpaired) electrons. The second kappa shape index (κ2) is 31.4. The van der Waals surface area contributed by atoms with E-state index in [1.807, 2.05) is 64.0 Å². The quantitative estimate of drug-likeness (QED) is 0.113. The van der Waals surface area contributed by atoms with Gasteiger partial charge in [-0.2, -0.15) is 21.4 Å². The topological polar surface area (TPSA) is 99.3 Å². The molecule has 0 unspecified atom stereocenters. The Morgan fingerprint density at radius 3 is 1.38 bits per heavy atom. The Morgan fingerprint density at radius 2 is 0.885 bits per heavy atom. The normalized spacial score (nSPS) is 10.9. The molecule has 0 aliphatic heterocycles. The van der Waals surface area contributed by atoms with Crippen LogP contribution in [-0.4, -0.2) is 43.8 Å². The van der Waals surface area contributed by atoms with Crippen LogP contribution in [0.4, 0.5) is 15.8 Å².